The second-order valence-electron chi connectivity index (χ2n) is 10.3. The molecule has 0 spiro atoms. The topological polar surface area (TPSA) is 318 Å². The van der Waals surface area contributed by atoms with Gasteiger partial charge in [-0.15, -0.1) is 0 Å². The molecule has 17 heteroatoms. The maximum atomic E-state index is 11.3. The Hall–Kier alpha value is -1.13. The number of amides is 1. The average molecular weight is 555 g/mol. The number of aliphatic hydroxyl groups is 6. The second-order valence-corrected chi connectivity index (χ2v) is 10.3. The number of ether oxygens (including phenoxy) is 4. The van der Waals surface area contributed by atoms with Crippen molar-refractivity contribution in [3.63, 3.8) is 0 Å². The van der Waals surface area contributed by atoms with Crippen LogP contribution in [0.4, 0.5) is 0 Å². The van der Waals surface area contributed by atoms with E-state index in [0.29, 0.717) is 0 Å². The molecule has 2 heterocycles. The minimum atomic E-state index is -1.65. The molecule has 0 radical (unpaired) electrons. The van der Waals surface area contributed by atoms with Crippen LogP contribution in [0.3, 0.4) is 0 Å². The summed E-state index contributed by atoms with van der Waals surface area (Å²) in [7, 11) is 0. The van der Waals surface area contributed by atoms with E-state index in [0.717, 1.165) is 0 Å². The van der Waals surface area contributed by atoms with Gasteiger partial charge in [0, 0.05) is 26.1 Å². The molecule has 17 nitrogen and oxygen atoms in total. The Balaban J connectivity index is 1.80. The Bertz CT molecular complexity index is 801. The lowest BCUT2D eigenvalue weighted by atomic mass is 9.74. The summed E-state index contributed by atoms with van der Waals surface area (Å²) in [6, 6.07) is -3.46. The van der Waals surface area contributed by atoms with E-state index in [-0.39, 0.29) is 19.5 Å². The Kier molecular flexibility index (Phi) is 10.4. The van der Waals surface area contributed by atoms with Crippen molar-refractivity contribution >= 4 is 5.91 Å². The van der Waals surface area contributed by atoms with E-state index in [1.807, 2.05) is 0 Å². The zero-order chi connectivity index (χ0) is 28.5. The highest BCUT2D eigenvalue weighted by atomic mass is 16.7. The third-order valence-electron chi connectivity index (χ3n) is 7.41. The molecule has 38 heavy (non-hydrogen) atoms. The molecule has 222 valence electrons. The van der Waals surface area contributed by atoms with E-state index in [4.69, 9.17) is 47.6 Å². The van der Waals surface area contributed by atoms with Crippen LogP contribution in [-0.2, 0) is 23.7 Å². The van der Waals surface area contributed by atoms with Crippen molar-refractivity contribution in [2.45, 2.75) is 105 Å². The Labute approximate surface area is 219 Å². The highest BCUT2D eigenvalue weighted by Crippen LogP contribution is 2.35. The van der Waals surface area contributed by atoms with Gasteiger partial charge in [-0.1, -0.05) is 0 Å². The SMILES string of the molecule is CC(=O)NC[C@H]1O[C@H](O[C@@H]2[C@@H](O)[C@H](O[C@H]3O[C@H](CN)[C@@H](O)[C@H](O)[C@H]3N)[C@@H](N)C[C@]2(N)CO)[C@H](O)[C@@H](N)[C@@H]1O. The van der Waals surface area contributed by atoms with Gasteiger partial charge < -0.3 is 83.6 Å². The Morgan fingerprint density at radius 2 is 1.55 bits per heavy atom. The van der Waals surface area contributed by atoms with Crippen molar-refractivity contribution in [1.29, 1.82) is 0 Å². The third kappa shape index (κ3) is 6.27. The number of hydrogen-bond donors (Lipinski definition) is 12. The van der Waals surface area contributed by atoms with Crippen LogP contribution < -0.4 is 34.0 Å². The molecule has 1 amide bonds. The highest BCUT2D eigenvalue weighted by molar-refractivity contribution is 5.72. The number of hydrogen-bond acceptors (Lipinski definition) is 16. The van der Waals surface area contributed by atoms with E-state index < -0.39 is 104 Å². The molecule has 2 aliphatic heterocycles. The van der Waals surface area contributed by atoms with Crippen molar-refractivity contribution in [2.24, 2.45) is 28.7 Å². The van der Waals surface area contributed by atoms with Crippen LogP contribution in [-0.4, -0.2) is 147 Å². The normalized spacial score (nSPS) is 50.0. The predicted molar refractivity (Wildman–Crippen MR) is 127 cm³/mol. The predicted octanol–water partition coefficient (Wildman–Crippen LogP) is -7.82. The van der Waals surface area contributed by atoms with Gasteiger partial charge in [0.05, 0.1) is 30.3 Å². The zero-order valence-corrected chi connectivity index (χ0v) is 21.0. The molecule has 0 aromatic rings. The van der Waals surface area contributed by atoms with E-state index in [9.17, 15) is 35.4 Å². The van der Waals surface area contributed by atoms with Gasteiger partial charge >= 0.3 is 0 Å². The molecular formula is C21H42N6O11. The fourth-order valence-corrected chi connectivity index (χ4v) is 5.05. The number of rotatable bonds is 8. The van der Waals surface area contributed by atoms with Crippen LogP contribution in [0.15, 0.2) is 0 Å². The smallest absolute Gasteiger partial charge is 0.216 e. The molecule has 0 aromatic carbocycles. The largest absolute Gasteiger partial charge is 0.394 e. The number of aliphatic hydroxyl groups excluding tert-OH is 6. The summed E-state index contributed by atoms with van der Waals surface area (Å²) in [5, 5.41) is 65.2. The van der Waals surface area contributed by atoms with E-state index in [1.165, 1.54) is 6.92 Å². The minimum Gasteiger partial charge on any atom is -0.394 e. The van der Waals surface area contributed by atoms with Crippen LogP contribution in [0.2, 0.25) is 0 Å². The van der Waals surface area contributed by atoms with Gasteiger partial charge in [0.15, 0.2) is 12.6 Å². The van der Waals surface area contributed by atoms with Crippen LogP contribution in [0.25, 0.3) is 0 Å². The standard InChI is InChI=1S/C21H42N6O11/c1-6(29)27-4-9-12(30)10(24)15(33)20(36-9)38-18-16(34)17(7(23)2-21(18,26)5-28)37-19-11(25)14(32)13(31)8(3-22)35-19/h7-20,28,30-34H,2-5,22-26H2,1H3,(H,27,29)/t7-,8+,9+,10-,11+,12+,13+,14+,15+,16-,17+,18+,19+,20+,21-/m0/s1. The molecule has 1 aliphatic carbocycles. The van der Waals surface area contributed by atoms with E-state index in [1.54, 1.807) is 0 Å². The summed E-state index contributed by atoms with van der Waals surface area (Å²) < 4.78 is 22.9. The first-order chi connectivity index (χ1) is 17.7. The van der Waals surface area contributed by atoms with Gasteiger partial charge in [0.2, 0.25) is 5.91 Å². The van der Waals surface area contributed by atoms with Crippen LogP contribution in [0.5, 0.6) is 0 Å². The zero-order valence-electron chi connectivity index (χ0n) is 21.0. The van der Waals surface area contributed by atoms with Crippen molar-refractivity contribution in [3.8, 4) is 0 Å². The average Bonchev–Trinajstić information content (AvgIpc) is 2.87. The van der Waals surface area contributed by atoms with E-state index >= 15 is 0 Å². The summed E-state index contributed by atoms with van der Waals surface area (Å²) in [5.74, 6) is -0.395. The van der Waals surface area contributed by atoms with Gasteiger partial charge in [-0.05, 0) is 6.42 Å². The molecule has 15 atom stereocenters. The molecule has 0 aromatic heterocycles. The molecule has 1 saturated carbocycles. The molecule has 17 N–H and O–H groups in total. The number of carbonyl (C=O) groups is 1. The van der Waals surface area contributed by atoms with E-state index in [2.05, 4.69) is 5.32 Å². The summed E-state index contributed by atoms with van der Waals surface area (Å²) >= 11 is 0. The number of nitrogens with one attached hydrogen (secondary N) is 1. The minimum absolute atomic E-state index is 0.143. The lowest BCUT2D eigenvalue weighted by Crippen LogP contribution is -2.74. The number of nitrogens with two attached hydrogens (primary N) is 5. The van der Waals surface area contributed by atoms with Crippen molar-refractivity contribution < 1.29 is 54.4 Å². The molecule has 2 saturated heterocycles. The summed E-state index contributed by atoms with van der Waals surface area (Å²) in [6.45, 7) is 0.263. The maximum Gasteiger partial charge on any atom is 0.216 e. The Morgan fingerprint density at radius 3 is 2.13 bits per heavy atom. The van der Waals surface area contributed by atoms with Crippen molar-refractivity contribution in [2.75, 3.05) is 19.7 Å². The van der Waals surface area contributed by atoms with Crippen LogP contribution in [0.1, 0.15) is 13.3 Å². The fraction of sp³-hybridized carbons (Fsp3) is 0.952. The lowest BCUT2D eigenvalue weighted by molar-refractivity contribution is -0.323. The number of carbonyl (C=O) groups excluding carboxylic acids is 1. The third-order valence-corrected chi connectivity index (χ3v) is 7.41. The summed E-state index contributed by atoms with van der Waals surface area (Å²) in [4.78, 5) is 11.3. The van der Waals surface area contributed by atoms with Crippen LogP contribution in [0, 0.1) is 0 Å². The molecule has 0 bridgehead atoms. The summed E-state index contributed by atoms with van der Waals surface area (Å²) in [5.41, 5.74) is 28.5. The first-order valence-electron chi connectivity index (χ1n) is 12.4. The molecule has 0 unspecified atom stereocenters. The summed E-state index contributed by atoms with van der Waals surface area (Å²) in [6.07, 6.45) is -15.2. The lowest BCUT2D eigenvalue weighted by Gasteiger charge is -2.52. The monoisotopic (exact) mass is 554 g/mol. The maximum absolute atomic E-state index is 11.3. The molecule has 3 aliphatic rings. The van der Waals surface area contributed by atoms with Crippen molar-refractivity contribution in [1.82, 2.24) is 5.32 Å². The highest BCUT2D eigenvalue weighted by Gasteiger charge is 2.56. The van der Waals surface area contributed by atoms with Crippen LogP contribution >= 0.6 is 0 Å². The van der Waals surface area contributed by atoms with Crippen molar-refractivity contribution in [3.05, 3.63) is 0 Å². The van der Waals surface area contributed by atoms with Gasteiger partial charge in [0.1, 0.15) is 48.8 Å². The first-order valence-corrected chi connectivity index (χ1v) is 12.4. The van der Waals surface area contributed by atoms with Gasteiger partial charge in [-0.2, -0.15) is 0 Å². The fourth-order valence-electron chi connectivity index (χ4n) is 5.05. The van der Waals surface area contributed by atoms with Gasteiger partial charge in [-0.3, -0.25) is 4.79 Å². The first kappa shape index (κ1) is 31.4. The quantitative estimate of drug-likeness (QED) is 0.132. The molecular weight excluding hydrogens is 512 g/mol. The Morgan fingerprint density at radius 1 is 0.921 bits per heavy atom. The second kappa shape index (κ2) is 12.6. The van der Waals surface area contributed by atoms with Gasteiger partial charge in [-0.25, -0.2) is 0 Å². The molecule has 3 rings (SSSR count). The van der Waals surface area contributed by atoms with Gasteiger partial charge in [0.25, 0.3) is 0 Å². The molecule has 3 fully saturated rings.